The van der Waals surface area contributed by atoms with E-state index in [0.29, 0.717) is 5.56 Å². The molecule has 0 amide bonds. The minimum atomic E-state index is -0.483. The van der Waals surface area contributed by atoms with Crippen LogP contribution in [0.25, 0.3) is 22.4 Å². The van der Waals surface area contributed by atoms with Gasteiger partial charge in [0.05, 0.1) is 11.0 Å². The average Bonchev–Trinajstić information content (AvgIpc) is 2.83. The maximum atomic E-state index is 11.6. The minimum absolute atomic E-state index is 0.292. The topological polar surface area (TPSA) is 55.1 Å². The lowest BCUT2D eigenvalue weighted by Gasteiger charge is -2.05. The number of hydrogen-bond donors (Lipinski definition) is 1. The molecule has 0 aliphatic heterocycles. The summed E-state index contributed by atoms with van der Waals surface area (Å²) >= 11 is 0. The standard InChI is InChI=1S/C17H16N2O2/c1-11-5-3-4-6-13(11)17-18-14-9-12(16(21)10-20)7-8-15(14)19(17)2/h3-9,20H,10H2,1-2H3. The summed E-state index contributed by atoms with van der Waals surface area (Å²) in [6.45, 7) is 1.57. The van der Waals surface area contributed by atoms with Crippen LogP contribution in [0, 0.1) is 6.92 Å². The molecule has 2 aromatic carbocycles. The maximum Gasteiger partial charge on any atom is 0.188 e. The van der Waals surface area contributed by atoms with Gasteiger partial charge in [-0.05, 0) is 30.7 Å². The summed E-state index contributed by atoms with van der Waals surface area (Å²) in [6.07, 6.45) is 0. The summed E-state index contributed by atoms with van der Waals surface area (Å²) in [4.78, 5) is 16.2. The summed E-state index contributed by atoms with van der Waals surface area (Å²) in [7, 11) is 1.96. The monoisotopic (exact) mass is 280 g/mol. The summed E-state index contributed by atoms with van der Waals surface area (Å²) in [6, 6.07) is 13.4. The highest BCUT2D eigenvalue weighted by Gasteiger charge is 2.13. The molecule has 4 heteroatoms. The Hall–Kier alpha value is -2.46. The van der Waals surface area contributed by atoms with Gasteiger partial charge >= 0.3 is 0 Å². The van der Waals surface area contributed by atoms with Crippen molar-refractivity contribution in [3.63, 3.8) is 0 Å². The van der Waals surface area contributed by atoms with Crippen LogP contribution in [0.1, 0.15) is 15.9 Å². The molecule has 0 saturated heterocycles. The highest BCUT2D eigenvalue weighted by atomic mass is 16.3. The van der Waals surface area contributed by atoms with E-state index < -0.39 is 6.61 Å². The van der Waals surface area contributed by atoms with E-state index in [9.17, 15) is 4.79 Å². The number of imidazole rings is 1. The molecule has 0 aliphatic rings. The van der Waals surface area contributed by atoms with Crippen molar-refractivity contribution in [3.05, 3.63) is 53.6 Å². The summed E-state index contributed by atoms with van der Waals surface area (Å²) in [5.41, 5.74) is 4.44. The summed E-state index contributed by atoms with van der Waals surface area (Å²) in [5.74, 6) is 0.580. The fourth-order valence-electron chi connectivity index (χ4n) is 2.53. The van der Waals surface area contributed by atoms with Gasteiger partial charge in [-0.2, -0.15) is 0 Å². The molecule has 0 fully saturated rings. The van der Waals surface area contributed by atoms with Crippen LogP contribution in [-0.2, 0) is 7.05 Å². The highest BCUT2D eigenvalue weighted by molar-refractivity contribution is 6.00. The molecule has 0 bridgehead atoms. The molecule has 0 aliphatic carbocycles. The smallest absolute Gasteiger partial charge is 0.188 e. The number of aryl methyl sites for hydroxylation is 2. The molecule has 106 valence electrons. The molecule has 21 heavy (non-hydrogen) atoms. The van der Waals surface area contributed by atoms with E-state index in [1.54, 1.807) is 12.1 Å². The third kappa shape index (κ3) is 2.23. The van der Waals surface area contributed by atoms with Crippen molar-refractivity contribution in [2.24, 2.45) is 7.05 Å². The van der Waals surface area contributed by atoms with E-state index in [0.717, 1.165) is 28.0 Å². The van der Waals surface area contributed by atoms with Gasteiger partial charge in [-0.25, -0.2) is 4.98 Å². The van der Waals surface area contributed by atoms with E-state index in [1.165, 1.54) is 0 Å². The third-order valence-corrected chi connectivity index (χ3v) is 3.73. The SMILES string of the molecule is Cc1ccccc1-c1nc2cc(C(=O)CO)ccc2n1C. The van der Waals surface area contributed by atoms with Crippen molar-refractivity contribution in [2.75, 3.05) is 6.61 Å². The quantitative estimate of drug-likeness (QED) is 0.750. The number of ketones is 1. The van der Waals surface area contributed by atoms with Crippen LogP contribution in [0.5, 0.6) is 0 Å². The van der Waals surface area contributed by atoms with Gasteiger partial charge in [-0.1, -0.05) is 24.3 Å². The Morgan fingerprint density at radius 2 is 2.00 bits per heavy atom. The normalized spacial score (nSPS) is 11.0. The number of benzene rings is 2. The first-order chi connectivity index (χ1) is 10.1. The minimum Gasteiger partial charge on any atom is -0.388 e. The van der Waals surface area contributed by atoms with Crippen molar-refractivity contribution in [3.8, 4) is 11.4 Å². The van der Waals surface area contributed by atoms with E-state index in [-0.39, 0.29) is 5.78 Å². The second kappa shape index (κ2) is 5.14. The Bertz CT molecular complexity index is 834. The predicted molar refractivity (Wildman–Crippen MR) is 82.3 cm³/mol. The molecular formula is C17H16N2O2. The molecule has 4 nitrogen and oxygen atoms in total. The number of carbonyl (C=O) groups excluding carboxylic acids is 1. The Labute approximate surface area is 122 Å². The van der Waals surface area contributed by atoms with Gasteiger partial charge in [0.15, 0.2) is 5.78 Å². The van der Waals surface area contributed by atoms with Crippen LogP contribution in [0.3, 0.4) is 0 Å². The van der Waals surface area contributed by atoms with Gasteiger partial charge in [0.2, 0.25) is 0 Å². The molecule has 3 rings (SSSR count). The Morgan fingerprint density at radius 1 is 1.24 bits per heavy atom. The zero-order valence-electron chi connectivity index (χ0n) is 12.0. The number of Topliss-reactive ketones (excluding diaryl/α,β-unsaturated/α-hetero) is 1. The van der Waals surface area contributed by atoms with E-state index >= 15 is 0 Å². The zero-order valence-corrected chi connectivity index (χ0v) is 12.0. The summed E-state index contributed by atoms with van der Waals surface area (Å²) in [5, 5.41) is 8.96. The van der Waals surface area contributed by atoms with Gasteiger partial charge in [0.25, 0.3) is 0 Å². The van der Waals surface area contributed by atoms with Crippen molar-refractivity contribution < 1.29 is 9.90 Å². The lowest BCUT2D eigenvalue weighted by atomic mass is 10.1. The largest absolute Gasteiger partial charge is 0.388 e. The van der Waals surface area contributed by atoms with Gasteiger partial charge in [0, 0.05) is 18.2 Å². The molecule has 0 saturated carbocycles. The first kappa shape index (κ1) is 13.5. The molecule has 1 heterocycles. The lowest BCUT2D eigenvalue weighted by molar-refractivity contribution is 0.0904. The fourth-order valence-corrected chi connectivity index (χ4v) is 2.53. The number of aromatic nitrogens is 2. The van der Waals surface area contributed by atoms with Gasteiger partial charge in [0.1, 0.15) is 12.4 Å². The highest BCUT2D eigenvalue weighted by Crippen LogP contribution is 2.26. The number of aliphatic hydroxyl groups excluding tert-OH is 1. The summed E-state index contributed by atoms with van der Waals surface area (Å²) < 4.78 is 2.02. The van der Waals surface area contributed by atoms with Crippen LogP contribution in [0.4, 0.5) is 0 Å². The number of nitrogens with zero attached hydrogens (tertiary/aromatic N) is 2. The third-order valence-electron chi connectivity index (χ3n) is 3.73. The number of fused-ring (bicyclic) bond motifs is 1. The van der Waals surface area contributed by atoms with Crippen LogP contribution in [-0.4, -0.2) is 27.0 Å². The second-order valence-electron chi connectivity index (χ2n) is 5.09. The Kier molecular flexibility index (Phi) is 3.31. The molecule has 0 spiro atoms. The van der Waals surface area contributed by atoms with Crippen LogP contribution < -0.4 is 0 Å². The lowest BCUT2D eigenvalue weighted by Crippen LogP contribution is -2.03. The van der Waals surface area contributed by atoms with Crippen molar-refractivity contribution in [1.29, 1.82) is 0 Å². The van der Waals surface area contributed by atoms with Gasteiger partial charge in [-0.15, -0.1) is 0 Å². The van der Waals surface area contributed by atoms with Crippen molar-refractivity contribution >= 4 is 16.8 Å². The first-order valence-electron chi connectivity index (χ1n) is 6.78. The molecular weight excluding hydrogens is 264 g/mol. The number of rotatable bonds is 3. The molecule has 3 aromatic rings. The number of aliphatic hydroxyl groups is 1. The average molecular weight is 280 g/mol. The number of hydrogen-bond acceptors (Lipinski definition) is 3. The van der Waals surface area contributed by atoms with Crippen LogP contribution in [0.15, 0.2) is 42.5 Å². The van der Waals surface area contributed by atoms with E-state index in [2.05, 4.69) is 18.0 Å². The van der Waals surface area contributed by atoms with Crippen LogP contribution >= 0.6 is 0 Å². The van der Waals surface area contributed by atoms with Crippen molar-refractivity contribution in [1.82, 2.24) is 9.55 Å². The predicted octanol–water partition coefficient (Wildman–Crippen LogP) is 2.72. The van der Waals surface area contributed by atoms with Crippen molar-refractivity contribution in [2.45, 2.75) is 6.92 Å². The second-order valence-corrected chi connectivity index (χ2v) is 5.09. The molecule has 1 N–H and O–H groups in total. The molecule has 1 aromatic heterocycles. The molecule has 0 atom stereocenters. The Morgan fingerprint density at radius 3 is 2.71 bits per heavy atom. The van der Waals surface area contributed by atoms with E-state index in [1.807, 2.05) is 35.9 Å². The van der Waals surface area contributed by atoms with Crippen LogP contribution in [0.2, 0.25) is 0 Å². The maximum absolute atomic E-state index is 11.6. The fraction of sp³-hybridized carbons (Fsp3) is 0.176. The molecule has 0 unspecified atom stereocenters. The first-order valence-corrected chi connectivity index (χ1v) is 6.78. The van der Waals surface area contributed by atoms with Gasteiger partial charge < -0.3 is 9.67 Å². The van der Waals surface area contributed by atoms with E-state index in [4.69, 9.17) is 5.11 Å². The Balaban J connectivity index is 2.20. The molecule has 0 radical (unpaired) electrons. The zero-order chi connectivity index (χ0) is 15.0. The van der Waals surface area contributed by atoms with Gasteiger partial charge in [-0.3, -0.25) is 4.79 Å². The number of carbonyl (C=O) groups is 1.